The highest BCUT2D eigenvalue weighted by molar-refractivity contribution is 5.99. The maximum Gasteiger partial charge on any atom is 0.282 e. The van der Waals surface area contributed by atoms with E-state index in [2.05, 4.69) is 10.6 Å². The van der Waals surface area contributed by atoms with Crippen LogP contribution < -0.4 is 10.6 Å². The van der Waals surface area contributed by atoms with Crippen LogP contribution in [0.1, 0.15) is 37.6 Å². The topological polar surface area (TPSA) is 84.3 Å². The number of nitrogens with one attached hydrogen (secondary N) is 2. The third kappa shape index (κ3) is 3.69. The zero-order chi connectivity index (χ0) is 15.3. The fraction of sp³-hybridized carbons (Fsp3) is 0.500. The maximum absolute atomic E-state index is 12.2. The van der Waals surface area contributed by atoms with Crippen molar-refractivity contribution < 1.29 is 9.72 Å². The molecule has 0 aliphatic rings. The average molecular weight is 279 g/mol. The molecule has 6 nitrogen and oxygen atoms in total. The van der Waals surface area contributed by atoms with Crippen LogP contribution in [0.4, 0.5) is 11.4 Å². The van der Waals surface area contributed by atoms with Crippen molar-refractivity contribution in [3.05, 3.63) is 33.9 Å². The van der Waals surface area contributed by atoms with E-state index in [-0.39, 0.29) is 17.3 Å². The minimum atomic E-state index is -0.539. The van der Waals surface area contributed by atoms with Gasteiger partial charge in [0, 0.05) is 24.8 Å². The molecule has 1 aromatic carbocycles. The molecule has 20 heavy (non-hydrogen) atoms. The number of nitro groups is 1. The summed E-state index contributed by atoms with van der Waals surface area (Å²) in [5, 5.41) is 16.7. The van der Waals surface area contributed by atoms with Crippen LogP contribution in [0.25, 0.3) is 0 Å². The number of nitrogens with zero attached hydrogens (tertiary/aromatic N) is 1. The molecule has 0 radical (unpaired) electrons. The van der Waals surface area contributed by atoms with Gasteiger partial charge in [0.25, 0.3) is 11.6 Å². The van der Waals surface area contributed by atoms with Crippen LogP contribution >= 0.6 is 0 Å². The molecule has 0 saturated carbocycles. The lowest BCUT2D eigenvalue weighted by atomic mass is 10.0. The molecule has 2 N–H and O–H groups in total. The Bertz CT molecular complexity index is 502. The molecule has 2 atom stereocenters. The second-order valence-corrected chi connectivity index (χ2v) is 4.89. The van der Waals surface area contributed by atoms with Gasteiger partial charge in [0.2, 0.25) is 0 Å². The molecular formula is C14H21N3O3. The van der Waals surface area contributed by atoms with Crippen molar-refractivity contribution in [2.45, 2.75) is 33.2 Å². The summed E-state index contributed by atoms with van der Waals surface area (Å²) in [5.41, 5.74) is 0.562. The Balaban J connectivity index is 3.04. The molecule has 0 bridgehead atoms. The highest BCUT2D eigenvalue weighted by Gasteiger charge is 2.22. The van der Waals surface area contributed by atoms with Crippen LogP contribution in [-0.4, -0.2) is 23.9 Å². The smallest absolute Gasteiger partial charge is 0.282 e. The van der Waals surface area contributed by atoms with Crippen molar-refractivity contribution in [2.24, 2.45) is 5.92 Å². The van der Waals surface area contributed by atoms with Gasteiger partial charge in [-0.2, -0.15) is 0 Å². The monoisotopic (exact) mass is 279 g/mol. The summed E-state index contributed by atoms with van der Waals surface area (Å²) in [6.07, 6.45) is 0.931. The van der Waals surface area contributed by atoms with E-state index >= 15 is 0 Å². The molecule has 0 saturated heterocycles. The molecule has 2 unspecified atom stereocenters. The summed E-state index contributed by atoms with van der Waals surface area (Å²) in [4.78, 5) is 22.7. The third-order valence-electron chi connectivity index (χ3n) is 3.58. The van der Waals surface area contributed by atoms with Gasteiger partial charge in [0.1, 0.15) is 5.56 Å². The largest absolute Gasteiger partial charge is 0.388 e. The van der Waals surface area contributed by atoms with E-state index in [1.807, 2.05) is 20.8 Å². The van der Waals surface area contributed by atoms with E-state index in [9.17, 15) is 14.9 Å². The summed E-state index contributed by atoms with van der Waals surface area (Å²) < 4.78 is 0. The van der Waals surface area contributed by atoms with Crippen molar-refractivity contribution in [1.82, 2.24) is 5.32 Å². The summed E-state index contributed by atoms with van der Waals surface area (Å²) in [5.74, 6) is -0.105. The van der Waals surface area contributed by atoms with E-state index in [1.165, 1.54) is 12.1 Å². The lowest BCUT2D eigenvalue weighted by Gasteiger charge is -2.20. The predicted octanol–water partition coefficient (Wildman–Crippen LogP) is 2.80. The zero-order valence-electron chi connectivity index (χ0n) is 12.3. The van der Waals surface area contributed by atoms with Crippen molar-refractivity contribution in [3.63, 3.8) is 0 Å². The number of amides is 1. The van der Waals surface area contributed by atoms with Crippen LogP contribution in [0.3, 0.4) is 0 Å². The van der Waals surface area contributed by atoms with Crippen LogP contribution in [0.2, 0.25) is 0 Å². The molecule has 1 aromatic rings. The van der Waals surface area contributed by atoms with Gasteiger partial charge in [-0.25, -0.2) is 0 Å². The minimum absolute atomic E-state index is 0.0367. The Morgan fingerprint density at radius 3 is 2.55 bits per heavy atom. The first-order valence-corrected chi connectivity index (χ1v) is 6.67. The van der Waals surface area contributed by atoms with Gasteiger partial charge in [-0.05, 0) is 25.0 Å². The van der Waals surface area contributed by atoms with E-state index < -0.39 is 10.8 Å². The average Bonchev–Trinajstić information content (AvgIpc) is 2.45. The van der Waals surface area contributed by atoms with Gasteiger partial charge in [-0.3, -0.25) is 14.9 Å². The molecule has 0 heterocycles. The second kappa shape index (κ2) is 6.88. The maximum atomic E-state index is 12.2. The number of hydrogen-bond donors (Lipinski definition) is 2. The highest BCUT2D eigenvalue weighted by atomic mass is 16.6. The number of benzene rings is 1. The molecule has 6 heteroatoms. The van der Waals surface area contributed by atoms with Crippen molar-refractivity contribution >= 4 is 17.3 Å². The summed E-state index contributed by atoms with van der Waals surface area (Å²) >= 11 is 0. The van der Waals surface area contributed by atoms with Crippen molar-refractivity contribution in [1.29, 1.82) is 0 Å². The number of carbonyl (C=O) groups excluding carboxylic acids is 1. The molecule has 0 aliphatic carbocycles. The number of carbonyl (C=O) groups is 1. The fourth-order valence-electron chi connectivity index (χ4n) is 1.81. The van der Waals surface area contributed by atoms with Gasteiger partial charge in [0.15, 0.2) is 0 Å². The highest BCUT2D eigenvalue weighted by Crippen LogP contribution is 2.23. The molecule has 110 valence electrons. The fourth-order valence-corrected chi connectivity index (χ4v) is 1.81. The van der Waals surface area contributed by atoms with Crippen molar-refractivity contribution in [3.8, 4) is 0 Å². The number of nitro benzene ring substituents is 1. The standard InChI is InChI=1S/C14H21N3O3/c1-5-9(2)10(3)16-14(18)12-8-11(15-4)6-7-13(12)17(19)20/h6-10,15H,5H2,1-4H3,(H,16,18). The van der Waals surface area contributed by atoms with E-state index in [0.29, 0.717) is 11.6 Å². The molecular weight excluding hydrogens is 258 g/mol. The zero-order valence-corrected chi connectivity index (χ0v) is 12.3. The van der Waals surface area contributed by atoms with E-state index in [4.69, 9.17) is 0 Å². The Hall–Kier alpha value is -2.11. The van der Waals surface area contributed by atoms with Gasteiger partial charge in [-0.1, -0.05) is 20.3 Å². The van der Waals surface area contributed by atoms with Gasteiger partial charge >= 0.3 is 0 Å². The third-order valence-corrected chi connectivity index (χ3v) is 3.58. The normalized spacial score (nSPS) is 13.4. The van der Waals surface area contributed by atoms with Crippen LogP contribution in [0.5, 0.6) is 0 Å². The van der Waals surface area contributed by atoms with E-state index in [1.54, 1.807) is 13.1 Å². The number of anilines is 1. The Morgan fingerprint density at radius 1 is 1.40 bits per heavy atom. The molecule has 0 spiro atoms. The van der Waals surface area contributed by atoms with Gasteiger partial charge < -0.3 is 10.6 Å². The van der Waals surface area contributed by atoms with Crippen molar-refractivity contribution in [2.75, 3.05) is 12.4 Å². The van der Waals surface area contributed by atoms with Gasteiger partial charge in [0.05, 0.1) is 4.92 Å². The molecule has 1 rings (SSSR count). The van der Waals surface area contributed by atoms with Crippen LogP contribution in [0, 0.1) is 16.0 Å². The predicted molar refractivity (Wildman–Crippen MR) is 79.0 cm³/mol. The molecule has 0 aliphatic heterocycles. The first kappa shape index (κ1) is 15.9. The molecule has 0 fully saturated rings. The first-order chi connectivity index (χ1) is 9.40. The lowest BCUT2D eigenvalue weighted by Crippen LogP contribution is -2.37. The Morgan fingerprint density at radius 2 is 2.05 bits per heavy atom. The SMILES string of the molecule is CCC(C)C(C)NC(=O)c1cc(NC)ccc1[N+](=O)[O-]. The second-order valence-electron chi connectivity index (χ2n) is 4.89. The van der Waals surface area contributed by atoms with Crippen LogP contribution in [-0.2, 0) is 0 Å². The quantitative estimate of drug-likeness (QED) is 0.619. The summed E-state index contributed by atoms with van der Waals surface area (Å²) in [6, 6.07) is 4.38. The number of hydrogen-bond acceptors (Lipinski definition) is 4. The van der Waals surface area contributed by atoms with Crippen LogP contribution in [0.15, 0.2) is 18.2 Å². The Labute approximate surface area is 118 Å². The molecule has 0 aromatic heterocycles. The summed E-state index contributed by atoms with van der Waals surface area (Å²) in [7, 11) is 1.70. The van der Waals surface area contributed by atoms with E-state index in [0.717, 1.165) is 6.42 Å². The number of rotatable bonds is 6. The minimum Gasteiger partial charge on any atom is -0.388 e. The first-order valence-electron chi connectivity index (χ1n) is 6.67. The summed E-state index contributed by atoms with van der Waals surface area (Å²) in [6.45, 7) is 5.97. The lowest BCUT2D eigenvalue weighted by molar-refractivity contribution is -0.385. The molecule has 1 amide bonds. The Kier molecular flexibility index (Phi) is 5.49. The van der Waals surface area contributed by atoms with Gasteiger partial charge in [-0.15, -0.1) is 0 Å².